The van der Waals surface area contributed by atoms with E-state index in [2.05, 4.69) is 25.2 Å². The number of amides is 1. The van der Waals surface area contributed by atoms with E-state index in [1.807, 2.05) is 6.07 Å². The molecule has 2 aromatic heterocycles. The molecule has 3 heterocycles. The molecule has 1 atom stereocenters. The molecule has 1 aliphatic heterocycles. The summed E-state index contributed by atoms with van der Waals surface area (Å²) in [6.07, 6.45) is 6.52. The fraction of sp³-hybridized carbons (Fsp3) is 0.238. The van der Waals surface area contributed by atoms with Crippen LogP contribution < -0.4 is 21.7 Å². The number of piperidine rings is 1. The van der Waals surface area contributed by atoms with Crippen LogP contribution in [0.3, 0.4) is 0 Å². The first-order chi connectivity index (χ1) is 14.5. The van der Waals surface area contributed by atoms with Gasteiger partial charge < -0.3 is 21.7 Å². The Morgan fingerprint density at radius 2 is 2.07 bits per heavy atom. The van der Waals surface area contributed by atoms with E-state index in [1.165, 1.54) is 12.3 Å². The molecule has 0 spiro atoms. The number of nitrogens with two attached hydrogens (primary N) is 2. The molecule has 0 saturated carbocycles. The summed E-state index contributed by atoms with van der Waals surface area (Å²) in [6, 6.07) is 8.05. The van der Waals surface area contributed by atoms with Crippen LogP contribution in [0.4, 0.5) is 21.6 Å². The number of nitrogens with one attached hydrogen (secondary N) is 1. The highest BCUT2D eigenvalue weighted by atomic mass is 19.1. The van der Waals surface area contributed by atoms with E-state index in [1.54, 1.807) is 30.6 Å². The lowest BCUT2D eigenvalue weighted by molar-refractivity contribution is 0.102. The average molecular weight is 407 g/mol. The number of hydrogen-bond donors (Lipinski definition) is 3. The van der Waals surface area contributed by atoms with E-state index in [-0.39, 0.29) is 28.8 Å². The number of aromatic nitrogens is 3. The van der Waals surface area contributed by atoms with Gasteiger partial charge in [0.05, 0.1) is 29.5 Å². The highest BCUT2D eigenvalue weighted by Crippen LogP contribution is 2.28. The maximum Gasteiger partial charge on any atom is 0.278 e. The largest absolute Gasteiger partial charge is 0.382 e. The maximum absolute atomic E-state index is 14.1. The number of carbonyl (C=O) groups is 1. The molecular weight excluding hydrogens is 385 g/mol. The van der Waals surface area contributed by atoms with Crippen molar-refractivity contribution in [3.8, 4) is 11.3 Å². The molecule has 1 amide bonds. The van der Waals surface area contributed by atoms with Crippen molar-refractivity contribution in [1.29, 1.82) is 0 Å². The molecule has 154 valence electrons. The van der Waals surface area contributed by atoms with Crippen LogP contribution in [0.1, 0.15) is 23.3 Å². The first kappa shape index (κ1) is 19.7. The quantitative estimate of drug-likeness (QED) is 0.607. The number of carbonyl (C=O) groups excluding carboxylic acids is 1. The van der Waals surface area contributed by atoms with E-state index in [9.17, 15) is 9.18 Å². The third-order valence-electron chi connectivity index (χ3n) is 5.01. The SMILES string of the molecule is Nc1ncc(-c2ccccc2F)nc1C(=O)Nc1cnccc1N1CCCC(N)C1. The fourth-order valence-electron chi connectivity index (χ4n) is 3.53. The minimum atomic E-state index is -0.547. The lowest BCUT2D eigenvalue weighted by Gasteiger charge is -2.33. The predicted molar refractivity (Wildman–Crippen MR) is 113 cm³/mol. The van der Waals surface area contributed by atoms with Crippen molar-refractivity contribution in [1.82, 2.24) is 15.0 Å². The van der Waals surface area contributed by atoms with Crippen LogP contribution in [-0.4, -0.2) is 40.0 Å². The summed E-state index contributed by atoms with van der Waals surface area (Å²) in [7, 11) is 0. The van der Waals surface area contributed by atoms with Gasteiger partial charge in [0.1, 0.15) is 5.82 Å². The Kier molecular flexibility index (Phi) is 5.53. The second kappa shape index (κ2) is 8.42. The summed E-state index contributed by atoms with van der Waals surface area (Å²) in [6.45, 7) is 1.53. The zero-order valence-corrected chi connectivity index (χ0v) is 16.3. The zero-order valence-electron chi connectivity index (χ0n) is 16.3. The molecule has 8 nitrogen and oxygen atoms in total. The van der Waals surface area contributed by atoms with Gasteiger partial charge in [-0.3, -0.25) is 9.78 Å². The van der Waals surface area contributed by atoms with E-state index >= 15 is 0 Å². The first-order valence-corrected chi connectivity index (χ1v) is 9.66. The van der Waals surface area contributed by atoms with E-state index in [0.29, 0.717) is 12.2 Å². The molecule has 1 saturated heterocycles. The van der Waals surface area contributed by atoms with Crippen molar-refractivity contribution < 1.29 is 9.18 Å². The summed E-state index contributed by atoms with van der Waals surface area (Å²) >= 11 is 0. The normalized spacial score (nSPS) is 16.3. The number of nitrogens with zero attached hydrogens (tertiary/aromatic N) is 4. The van der Waals surface area contributed by atoms with Crippen LogP contribution in [-0.2, 0) is 0 Å². The lowest BCUT2D eigenvalue weighted by Crippen LogP contribution is -2.43. The second-order valence-corrected chi connectivity index (χ2v) is 7.16. The highest BCUT2D eigenvalue weighted by molar-refractivity contribution is 6.07. The smallest absolute Gasteiger partial charge is 0.278 e. The predicted octanol–water partition coefficient (Wildman–Crippen LogP) is 2.44. The summed E-state index contributed by atoms with van der Waals surface area (Å²) in [5.41, 5.74) is 13.7. The molecule has 30 heavy (non-hydrogen) atoms. The lowest BCUT2D eigenvalue weighted by atomic mass is 10.1. The number of anilines is 3. The Morgan fingerprint density at radius 3 is 2.87 bits per heavy atom. The molecule has 1 fully saturated rings. The fourth-order valence-corrected chi connectivity index (χ4v) is 3.53. The summed E-state index contributed by atoms with van der Waals surface area (Å²) in [5.74, 6) is -1.05. The third-order valence-corrected chi connectivity index (χ3v) is 5.01. The molecule has 1 aliphatic rings. The van der Waals surface area contributed by atoms with Crippen molar-refractivity contribution in [3.63, 3.8) is 0 Å². The van der Waals surface area contributed by atoms with Gasteiger partial charge in [0.2, 0.25) is 0 Å². The molecule has 5 N–H and O–H groups in total. The molecule has 1 aromatic carbocycles. The van der Waals surface area contributed by atoms with Gasteiger partial charge in [-0.1, -0.05) is 12.1 Å². The monoisotopic (exact) mass is 407 g/mol. The van der Waals surface area contributed by atoms with Gasteiger partial charge >= 0.3 is 0 Å². The van der Waals surface area contributed by atoms with E-state index in [4.69, 9.17) is 11.5 Å². The van der Waals surface area contributed by atoms with Crippen LogP contribution in [0.25, 0.3) is 11.3 Å². The van der Waals surface area contributed by atoms with Crippen LogP contribution >= 0.6 is 0 Å². The van der Waals surface area contributed by atoms with Crippen LogP contribution in [0.15, 0.2) is 48.9 Å². The standard InChI is InChI=1S/C21H22FN7O/c22-15-6-2-1-5-14(15)16-11-26-20(24)19(27-16)21(30)28-17-10-25-8-7-18(17)29-9-3-4-13(23)12-29/h1-2,5-8,10-11,13H,3-4,9,12,23H2,(H2,24,26)(H,28,30). The first-order valence-electron chi connectivity index (χ1n) is 9.66. The minimum Gasteiger partial charge on any atom is -0.382 e. The van der Waals surface area contributed by atoms with Crippen molar-refractivity contribution in [3.05, 3.63) is 60.4 Å². The van der Waals surface area contributed by atoms with E-state index < -0.39 is 11.7 Å². The summed E-state index contributed by atoms with van der Waals surface area (Å²) in [5, 5.41) is 2.81. The number of hydrogen-bond acceptors (Lipinski definition) is 7. The van der Waals surface area contributed by atoms with Gasteiger partial charge in [0.25, 0.3) is 5.91 Å². The molecule has 0 radical (unpaired) electrons. The summed E-state index contributed by atoms with van der Waals surface area (Å²) in [4.78, 5) is 27.5. The third kappa shape index (κ3) is 4.06. The number of benzene rings is 1. The van der Waals surface area contributed by atoms with Crippen LogP contribution in [0, 0.1) is 5.82 Å². The van der Waals surface area contributed by atoms with Crippen molar-refractivity contribution in [2.75, 3.05) is 29.0 Å². The number of pyridine rings is 1. The Hall–Kier alpha value is -3.59. The highest BCUT2D eigenvalue weighted by Gasteiger charge is 2.22. The average Bonchev–Trinajstić information content (AvgIpc) is 2.75. The van der Waals surface area contributed by atoms with Crippen molar-refractivity contribution in [2.45, 2.75) is 18.9 Å². The van der Waals surface area contributed by atoms with Gasteiger partial charge in [-0.15, -0.1) is 0 Å². The van der Waals surface area contributed by atoms with Crippen molar-refractivity contribution >= 4 is 23.1 Å². The topological polar surface area (TPSA) is 123 Å². The Balaban J connectivity index is 1.62. The molecule has 9 heteroatoms. The molecule has 3 aromatic rings. The Labute approximate surface area is 173 Å². The zero-order chi connectivity index (χ0) is 21.1. The molecular formula is C21H22FN7O. The number of halogens is 1. The molecule has 1 unspecified atom stereocenters. The van der Waals surface area contributed by atoms with Crippen molar-refractivity contribution in [2.24, 2.45) is 5.73 Å². The van der Waals surface area contributed by atoms with Gasteiger partial charge in [0, 0.05) is 30.9 Å². The maximum atomic E-state index is 14.1. The molecule has 0 aliphatic carbocycles. The van der Waals surface area contributed by atoms with E-state index in [0.717, 1.165) is 25.1 Å². The Bertz CT molecular complexity index is 1070. The summed E-state index contributed by atoms with van der Waals surface area (Å²) < 4.78 is 14.1. The minimum absolute atomic E-state index is 0.0435. The van der Waals surface area contributed by atoms with Crippen LogP contribution in [0.5, 0.6) is 0 Å². The molecule has 0 bridgehead atoms. The van der Waals surface area contributed by atoms with Gasteiger partial charge in [-0.25, -0.2) is 14.4 Å². The van der Waals surface area contributed by atoms with Crippen LogP contribution in [0.2, 0.25) is 0 Å². The van der Waals surface area contributed by atoms with Gasteiger partial charge in [0.15, 0.2) is 11.5 Å². The van der Waals surface area contributed by atoms with Gasteiger partial charge in [-0.05, 0) is 31.0 Å². The number of nitrogen functional groups attached to an aromatic ring is 1. The number of rotatable bonds is 4. The molecule has 4 rings (SSSR count). The Morgan fingerprint density at radius 1 is 1.23 bits per heavy atom. The van der Waals surface area contributed by atoms with Gasteiger partial charge in [-0.2, -0.15) is 0 Å². The second-order valence-electron chi connectivity index (χ2n) is 7.16.